The summed E-state index contributed by atoms with van der Waals surface area (Å²) in [6.45, 7) is 17.3. The maximum Gasteiger partial charge on any atom is 0.346 e. The molecule has 6 heteroatoms. The summed E-state index contributed by atoms with van der Waals surface area (Å²) in [5.74, 6) is 0.649. The predicted octanol–water partition coefficient (Wildman–Crippen LogP) is 8.86. The Morgan fingerprint density at radius 2 is 1.05 bits per heavy atom. The molecule has 0 saturated carbocycles. The van der Waals surface area contributed by atoms with E-state index in [-0.39, 0.29) is 0 Å². The van der Waals surface area contributed by atoms with E-state index >= 15 is 0 Å². The number of rotatable bonds is 12. The molecular weight excluding hydrogens is 543 g/mol. The van der Waals surface area contributed by atoms with Crippen LogP contribution in [0, 0.1) is 41.5 Å². The van der Waals surface area contributed by atoms with E-state index in [4.69, 9.17) is 14.2 Å². The first kappa shape index (κ1) is 35.0. The molecule has 0 radical (unpaired) electrons. The maximum absolute atomic E-state index is 12.4. The molecule has 0 heterocycles. The lowest BCUT2D eigenvalue weighted by Crippen LogP contribution is -2.17. The van der Waals surface area contributed by atoms with E-state index in [1.165, 1.54) is 25.7 Å². The summed E-state index contributed by atoms with van der Waals surface area (Å²) in [5, 5.41) is 1.09. The van der Waals surface area contributed by atoms with Crippen LogP contribution in [0.25, 0.3) is 0 Å². The predicted molar refractivity (Wildman–Crippen MR) is 177 cm³/mol. The Morgan fingerprint density at radius 3 is 1.48 bits per heavy atom. The fourth-order valence-corrected chi connectivity index (χ4v) is 5.26. The third kappa shape index (κ3) is 10.9. The fourth-order valence-electron chi connectivity index (χ4n) is 5.00. The van der Waals surface area contributed by atoms with E-state index in [1.807, 2.05) is 84.0 Å². The Kier molecular flexibility index (Phi) is 14.8. The zero-order chi connectivity index (χ0) is 31.2. The van der Waals surface area contributed by atoms with Gasteiger partial charge in [0.2, 0.25) is 0 Å². The Labute approximate surface area is 255 Å². The number of carbonyl (C=O) groups excluding carboxylic acids is 2. The van der Waals surface area contributed by atoms with Crippen molar-refractivity contribution in [1.82, 2.24) is 0 Å². The molecule has 1 unspecified atom stereocenters. The highest BCUT2D eigenvalue weighted by Gasteiger charge is 2.21. The number of aryl methyl sites for hydroxylation is 6. The molecule has 0 amide bonds. The Morgan fingerprint density at radius 1 is 0.619 bits per heavy atom. The molecule has 0 spiro atoms. The van der Waals surface area contributed by atoms with Gasteiger partial charge in [0.05, 0.1) is 24.3 Å². The van der Waals surface area contributed by atoms with Crippen LogP contribution >= 0.6 is 9.24 Å². The average molecular weight is 593 g/mol. The standard InChI is InChI=1S/C20H22O3.C16H27O2P/c1-11-7-13(3)17(14(4)8-11)19(21)23-20(22)18-15(5)9-12(2)10-16(18)6;1-3-5-7-11-17-14-9-10-16(19)15(13-14)18-12-8-6-4-2/h7-10H,1-6H3;9-10,13H,3-8,11-12,19H2,1-2H3. The quantitative estimate of drug-likeness (QED) is 0.0910. The number of unbranched alkanes of at least 4 members (excludes halogenated alkanes) is 4. The summed E-state index contributed by atoms with van der Waals surface area (Å²) in [5.41, 5.74) is 6.35. The Hall–Kier alpha value is -3.17. The molecule has 3 rings (SSSR count). The second kappa shape index (κ2) is 17.7. The summed E-state index contributed by atoms with van der Waals surface area (Å²) < 4.78 is 16.7. The molecule has 0 bridgehead atoms. The van der Waals surface area contributed by atoms with Crippen LogP contribution in [-0.4, -0.2) is 25.2 Å². The lowest BCUT2D eigenvalue weighted by molar-refractivity contribution is 0.0396. The molecule has 0 N–H and O–H groups in total. The van der Waals surface area contributed by atoms with Crippen LogP contribution in [-0.2, 0) is 4.74 Å². The monoisotopic (exact) mass is 592 g/mol. The lowest BCUT2D eigenvalue weighted by Gasteiger charge is -2.12. The van der Waals surface area contributed by atoms with E-state index in [0.717, 1.165) is 76.2 Å². The molecule has 228 valence electrons. The molecular formula is C36H49O5P. The summed E-state index contributed by atoms with van der Waals surface area (Å²) in [4.78, 5) is 24.9. The van der Waals surface area contributed by atoms with Gasteiger partial charge in [-0.15, -0.1) is 9.24 Å². The molecule has 0 saturated heterocycles. The number of carbonyl (C=O) groups is 2. The van der Waals surface area contributed by atoms with Gasteiger partial charge >= 0.3 is 11.9 Å². The molecule has 0 fully saturated rings. The third-order valence-corrected chi connectivity index (χ3v) is 7.43. The van der Waals surface area contributed by atoms with Crippen molar-refractivity contribution in [3.8, 4) is 11.5 Å². The van der Waals surface area contributed by atoms with Gasteiger partial charge in [-0.1, -0.05) is 74.9 Å². The van der Waals surface area contributed by atoms with Crippen molar-refractivity contribution in [1.29, 1.82) is 0 Å². The van der Waals surface area contributed by atoms with Crippen LogP contribution < -0.4 is 14.8 Å². The first-order chi connectivity index (χ1) is 20.0. The lowest BCUT2D eigenvalue weighted by atomic mass is 9.99. The van der Waals surface area contributed by atoms with Crippen LogP contribution in [0.1, 0.15) is 106 Å². The van der Waals surface area contributed by atoms with E-state index in [9.17, 15) is 9.59 Å². The SMILES string of the molecule is CCCCCOc1ccc(P)c(OCCCCC)c1.Cc1cc(C)c(C(=O)OC(=O)c2c(C)cc(C)cc2C)c(C)c1. The van der Waals surface area contributed by atoms with Gasteiger partial charge in [-0.2, -0.15) is 0 Å². The van der Waals surface area contributed by atoms with Gasteiger partial charge in [-0.25, -0.2) is 9.59 Å². The van der Waals surface area contributed by atoms with Crippen LogP contribution in [0.15, 0.2) is 42.5 Å². The highest BCUT2D eigenvalue weighted by Crippen LogP contribution is 2.22. The minimum absolute atomic E-state index is 0.464. The highest BCUT2D eigenvalue weighted by molar-refractivity contribution is 7.27. The van der Waals surface area contributed by atoms with Crippen molar-refractivity contribution in [2.45, 2.75) is 93.9 Å². The van der Waals surface area contributed by atoms with Crippen LogP contribution in [0.5, 0.6) is 11.5 Å². The van der Waals surface area contributed by atoms with Crippen molar-refractivity contribution in [3.63, 3.8) is 0 Å². The topological polar surface area (TPSA) is 61.8 Å². The van der Waals surface area contributed by atoms with E-state index in [2.05, 4.69) is 23.1 Å². The number of esters is 2. The molecule has 42 heavy (non-hydrogen) atoms. The van der Waals surface area contributed by atoms with Gasteiger partial charge in [0, 0.05) is 11.4 Å². The summed E-state index contributed by atoms with van der Waals surface area (Å²) >= 11 is 0. The second-order valence-corrected chi connectivity index (χ2v) is 11.7. The average Bonchev–Trinajstić information content (AvgIpc) is 2.89. The summed E-state index contributed by atoms with van der Waals surface area (Å²) in [6, 6.07) is 13.7. The first-order valence-electron chi connectivity index (χ1n) is 15.1. The minimum Gasteiger partial charge on any atom is -0.493 e. The van der Waals surface area contributed by atoms with Crippen LogP contribution in [0.2, 0.25) is 0 Å². The largest absolute Gasteiger partial charge is 0.493 e. The van der Waals surface area contributed by atoms with Gasteiger partial charge in [0.15, 0.2) is 0 Å². The Bertz CT molecular complexity index is 1230. The maximum atomic E-state index is 12.4. The molecule has 5 nitrogen and oxygen atoms in total. The zero-order valence-electron chi connectivity index (χ0n) is 26.8. The van der Waals surface area contributed by atoms with E-state index in [0.29, 0.717) is 11.1 Å². The van der Waals surface area contributed by atoms with E-state index in [1.54, 1.807) is 0 Å². The smallest absolute Gasteiger partial charge is 0.346 e. The third-order valence-electron chi connectivity index (χ3n) is 6.95. The van der Waals surface area contributed by atoms with Crippen molar-refractivity contribution >= 4 is 26.5 Å². The normalized spacial score (nSPS) is 10.5. The molecule has 3 aromatic carbocycles. The number of hydrogen-bond acceptors (Lipinski definition) is 5. The second-order valence-electron chi connectivity index (χ2n) is 11.0. The molecule has 1 atom stereocenters. The Balaban J connectivity index is 0.000000299. The van der Waals surface area contributed by atoms with Gasteiger partial charge in [-0.05, 0) is 88.8 Å². The van der Waals surface area contributed by atoms with Crippen LogP contribution in [0.3, 0.4) is 0 Å². The molecule has 0 aromatic heterocycles. The fraction of sp³-hybridized carbons (Fsp3) is 0.444. The van der Waals surface area contributed by atoms with Crippen LogP contribution in [0.4, 0.5) is 0 Å². The van der Waals surface area contributed by atoms with Gasteiger partial charge < -0.3 is 14.2 Å². The summed E-state index contributed by atoms with van der Waals surface area (Å²) in [7, 11) is 2.72. The first-order valence-corrected chi connectivity index (χ1v) is 15.6. The molecule has 0 aliphatic rings. The summed E-state index contributed by atoms with van der Waals surface area (Å²) in [6.07, 6.45) is 7.12. The number of ether oxygens (including phenoxy) is 3. The highest BCUT2D eigenvalue weighted by atomic mass is 31.0. The molecule has 0 aliphatic carbocycles. The molecule has 0 aliphatic heterocycles. The van der Waals surface area contributed by atoms with E-state index < -0.39 is 11.9 Å². The van der Waals surface area contributed by atoms with Crippen molar-refractivity contribution < 1.29 is 23.8 Å². The number of hydrogen-bond donors (Lipinski definition) is 0. The zero-order valence-corrected chi connectivity index (χ0v) is 28.0. The number of benzene rings is 3. The van der Waals surface area contributed by atoms with Crippen molar-refractivity contribution in [3.05, 3.63) is 87.0 Å². The van der Waals surface area contributed by atoms with Crippen molar-refractivity contribution in [2.75, 3.05) is 13.2 Å². The van der Waals surface area contributed by atoms with Gasteiger partial charge in [0.1, 0.15) is 11.5 Å². The van der Waals surface area contributed by atoms with Gasteiger partial charge in [-0.3, -0.25) is 0 Å². The van der Waals surface area contributed by atoms with Crippen molar-refractivity contribution in [2.24, 2.45) is 0 Å². The van der Waals surface area contributed by atoms with Gasteiger partial charge in [0.25, 0.3) is 0 Å². The molecule has 3 aromatic rings. The minimum atomic E-state index is -0.593.